The number of alkyl halides is 2. The number of rotatable bonds is 6. The van der Waals surface area contributed by atoms with Crippen molar-refractivity contribution in [3.8, 4) is 0 Å². The molecule has 2 aromatic carbocycles. The van der Waals surface area contributed by atoms with Crippen molar-refractivity contribution in [2.24, 2.45) is 11.8 Å². The molecule has 1 aliphatic heterocycles. The van der Waals surface area contributed by atoms with Crippen LogP contribution in [0.1, 0.15) is 33.6 Å². The van der Waals surface area contributed by atoms with E-state index in [-0.39, 0.29) is 26.5 Å². The number of non-ortho nitro benzene ring substituents is 1. The number of hydrogen-bond donors (Lipinski definition) is 0. The summed E-state index contributed by atoms with van der Waals surface area (Å²) in [5.74, 6) is -3.62. The van der Waals surface area contributed by atoms with Crippen LogP contribution in [-0.4, -0.2) is 54.6 Å². The Morgan fingerprint density at radius 3 is 1.91 bits per heavy atom. The lowest BCUT2D eigenvalue weighted by Crippen LogP contribution is -2.52. The van der Waals surface area contributed by atoms with Gasteiger partial charge in [-0.15, -0.1) is 0 Å². The Morgan fingerprint density at radius 2 is 1.43 bits per heavy atom. The number of carbonyl (C=O) groups excluding carboxylic acids is 4. The lowest BCUT2D eigenvalue weighted by molar-refractivity contribution is -0.384. The molecule has 0 aromatic heterocycles. The largest absolute Gasteiger partial charge is 0.292 e. The van der Waals surface area contributed by atoms with Gasteiger partial charge in [0.2, 0.25) is 0 Å². The summed E-state index contributed by atoms with van der Waals surface area (Å²) in [5, 5.41) is 13.0. The van der Waals surface area contributed by atoms with Crippen molar-refractivity contribution in [2.75, 3.05) is 6.54 Å². The third kappa shape index (κ3) is 5.03. The first kappa shape index (κ1) is 25.5. The second-order valence-corrected chi connectivity index (χ2v) is 11.1. The molecule has 9 nitrogen and oxygen atoms in total. The lowest BCUT2D eigenvalue weighted by Gasteiger charge is -2.30. The van der Waals surface area contributed by atoms with Gasteiger partial charge in [0.25, 0.3) is 23.4 Å². The predicted molar refractivity (Wildman–Crippen MR) is 133 cm³/mol. The van der Waals surface area contributed by atoms with Crippen LogP contribution in [0.25, 0.3) is 0 Å². The first-order chi connectivity index (χ1) is 16.6. The number of halogens is 3. The number of fused-ring (bicyclic) bond motifs is 1. The van der Waals surface area contributed by atoms with Crippen LogP contribution in [0, 0.1) is 22.0 Å². The molecule has 3 amide bonds. The van der Waals surface area contributed by atoms with Crippen molar-refractivity contribution < 1.29 is 24.1 Å². The minimum Gasteiger partial charge on any atom is -0.292 e. The van der Waals surface area contributed by atoms with Gasteiger partial charge in [0.05, 0.1) is 16.8 Å². The van der Waals surface area contributed by atoms with E-state index in [4.69, 9.17) is 11.6 Å². The standard InChI is InChI=1S/C23H18Br2ClN3O6/c24-18-9-16-17(10-19(18)25)23(33)28(22(16)32)27(21(31)13-1-5-14(26)6-2-13)11-20(30)12-3-7-15(8-4-12)29(34)35/h1-8,16-19H,9-11H2/t16-,17+,18+,19-. The molecule has 1 saturated heterocycles. The minimum atomic E-state index is -0.719. The van der Waals surface area contributed by atoms with Crippen molar-refractivity contribution in [2.45, 2.75) is 22.5 Å². The van der Waals surface area contributed by atoms with E-state index in [2.05, 4.69) is 31.9 Å². The Labute approximate surface area is 221 Å². The molecule has 2 fully saturated rings. The number of nitro benzene ring substituents is 1. The molecule has 0 unspecified atom stereocenters. The smallest absolute Gasteiger partial charge is 0.273 e. The van der Waals surface area contributed by atoms with Crippen LogP contribution in [0.5, 0.6) is 0 Å². The number of nitro groups is 1. The second kappa shape index (κ2) is 10.2. The number of benzene rings is 2. The van der Waals surface area contributed by atoms with Gasteiger partial charge in [0, 0.05) is 37.9 Å². The molecule has 0 spiro atoms. The van der Waals surface area contributed by atoms with Crippen molar-refractivity contribution in [3.63, 3.8) is 0 Å². The first-order valence-corrected chi connectivity index (χ1v) is 12.8. The molecular formula is C23H18Br2ClN3O6. The van der Waals surface area contributed by atoms with Gasteiger partial charge in [-0.1, -0.05) is 43.5 Å². The summed E-state index contributed by atoms with van der Waals surface area (Å²) in [5.41, 5.74) is 0.0402. The van der Waals surface area contributed by atoms with Crippen LogP contribution in [0.15, 0.2) is 48.5 Å². The van der Waals surface area contributed by atoms with Gasteiger partial charge in [-0.05, 0) is 49.2 Å². The summed E-state index contributed by atoms with van der Waals surface area (Å²) in [7, 11) is 0. The fourth-order valence-corrected chi connectivity index (χ4v) is 5.65. The summed E-state index contributed by atoms with van der Waals surface area (Å²) >= 11 is 13.0. The van der Waals surface area contributed by atoms with Crippen LogP contribution in [-0.2, 0) is 9.59 Å². The highest BCUT2D eigenvalue weighted by molar-refractivity contribution is 9.12. The van der Waals surface area contributed by atoms with E-state index in [9.17, 15) is 29.3 Å². The predicted octanol–water partition coefficient (Wildman–Crippen LogP) is 4.41. The Kier molecular flexibility index (Phi) is 7.39. The number of hydrazine groups is 1. The molecule has 1 heterocycles. The maximum Gasteiger partial charge on any atom is 0.273 e. The number of amides is 3. The fraction of sp³-hybridized carbons (Fsp3) is 0.304. The minimum absolute atomic E-state index is 0.0254. The van der Waals surface area contributed by atoms with Gasteiger partial charge in [0.1, 0.15) is 6.54 Å². The van der Waals surface area contributed by atoms with Crippen molar-refractivity contribution in [3.05, 3.63) is 74.8 Å². The molecule has 35 heavy (non-hydrogen) atoms. The van der Waals surface area contributed by atoms with E-state index in [0.29, 0.717) is 17.9 Å². The van der Waals surface area contributed by atoms with Gasteiger partial charge in [0.15, 0.2) is 5.78 Å². The number of ketones is 1. The van der Waals surface area contributed by atoms with E-state index < -0.39 is 46.8 Å². The molecular weight excluding hydrogens is 610 g/mol. The van der Waals surface area contributed by atoms with Gasteiger partial charge in [-0.3, -0.25) is 29.3 Å². The number of imide groups is 1. The SMILES string of the molecule is O=C(CN(C(=O)c1ccc(Cl)cc1)N1C(=O)[C@H]2C[C@@H](Br)[C@@H](Br)C[C@H]2C1=O)c1ccc([N+](=O)[O-])cc1. The first-order valence-electron chi connectivity index (χ1n) is 10.6. The molecule has 2 aromatic rings. The van der Waals surface area contributed by atoms with Crippen LogP contribution < -0.4 is 0 Å². The van der Waals surface area contributed by atoms with E-state index in [1.807, 2.05) is 0 Å². The highest BCUT2D eigenvalue weighted by atomic mass is 79.9. The molecule has 0 N–H and O–H groups in total. The zero-order valence-corrected chi connectivity index (χ0v) is 21.9. The summed E-state index contributed by atoms with van der Waals surface area (Å²) in [4.78, 5) is 63.5. The van der Waals surface area contributed by atoms with Crippen LogP contribution in [0.2, 0.25) is 5.02 Å². The van der Waals surface area contributed by atoms with E-state index in [1.165, 1.54) is 48.5 Å². The Hall–Kier alpha value is -2.63. The van der Waals surface area contributed by atoms with Crippen LogP contribution in [0.4, 0.5) is 5.69 Å². The number of Topliss-reactive ketones (excluding diaryl/α,β-unsaturated/α-hetero) is 1. The molecule has 1 saturated carbocycles. The molecule has 1 aliphatic carbocycles. The van der Waals surface area contributed by atoms with Crippen molar-refractivity contribution >= 4 is 72.7 Å². The third-order valence-corrected chi connectivity index (χ3v) is 9.13. The molecule has 0 bridgehead atoms. The summed E-state index contributed by atoms with van der Waals surface area (Å²) < 4.78 is 0. The second-order valence-electron chi connectivity index (χ2n) is 8.30. The third-order valence-electron chi connectivity index (χ3n) is 6.15. The zero-order valence-electron chi connectivity index (χ0n) is 18.0. The maximum atomic E-state index is 13.5. The average molecular weight is 628 g/mol. The Morgan fingerprint density at radius 1 is 0.943 bits per heavy atom. The quantitative estimate of drug-likeness (QED) is 0.154. The van der Waals surface area contributed by atoms with Gasteiger partial charge in [-0.2, -0.15) is 5.01 Å². The molecule has 12 heteroatoms. The molecule has 4 rings (SSSR count). The number of hydrogen-bond acceptors (Lipinski definition) is 6. The van der Waals surface area contributed by atoms with E-state index in [1.54, 1.807) is 0 Å². The van der Waals surface area contributed by atoms with Crippen LogP contribution >= 0.6 is 43.5 Å². The van der Waals surface area contributed by atoms with Crippen molar-refractivity contribution in [1.29, 1.82) is 0 Å². The van der Waals surface area contributed by atoms with Gasteiger partial charge in [-0.25, -0.2) is 5.01 Å². The zero-order chi connectivity index (χ0) is 25.4. The average Bonchev–Trinajstić information content (AvgIpc) is 3.07. The molecule has 4 atom stereocenters. The number of carbonyl (C=O) groups is 4. The Bertz CT molecular complexity index is 1180. The Balaban J connectivity index is 1.67. The lowest BCUT2D eigenvalue weighted by atomic mass is 9.81. The maximum absolute atomic E-state index is 13.5. The fourth-order valence-electron chi connectivity index (χ4n) is 4.29. The highest BCUT2D eigenvalue weighted by Gasteiger charge is 2.54. The molecule has 2 aliphatic rings. The monoisotopic (exact) mass is 625 g/mol. The van der Waals surface area contributed by atoms with E-state index >= 15 is 0 Å². The molecule has 0 radical (unpaired) electrons. The van der Waals surface area contributed by atoms with Gasteiger partial charge >= 0.3 is 0 Å². The number of nitrogens with zero attached hydrogens (tertiary/aromatic N) is 3. The summed E-state index contributed by atoms with van der Waals surface area (Å²) in [6.45, 7) is -0.605. The summed E-state index contributed by atoms with van der Waals surface area (Å²) in [6.07, 6.45) is 0.807. The summed E-state index contributed by atoms with van der Waals surface area (Å²) in [6, 6.07) is 10.7. The van der Waals surface area contributed by atoms with Gasteiger partial charge < -0.3 is 0 Å². The van der Waals surface area contributed by atoms with E-state index in [0.717, 1.165) is 10.0 Å². The highest BCUT2D eigenvalue weighted by Crippen LogP contribution is 2.43. The topological polar surface area (TPSA) is 118 Å². The van der Waals surface area contributed by atoms with Crippen molar-refractivity contribution in [1.82, 2.24) is 10.0 Å². The van der Waals surface area contributed by atoms with Crippen LogP contribution in [0.3, 0.4) is 0 Å². The normalized spacial score (nSPS) is 23.7. The molecule has 182 valence electrons.